The van der Waals surface area contributed by atoms with Gasteiger partial charge in [-0.1, -0.05) is 6.92 Å². The van der Waals surface area contributed by atoms with Crippen LogP contribution in [-0.2, 0) is 14.3 Å². The van der Waals surface area contributed by atoms with Crippen molar-refractivity contribution in [2.24, 2.45) is 5.92 Å². The minimum Gasteiger partial charge on any atom is -0.468 e. The van der Waals surface area contributed by atoms with Crippen LogP contribution in [0.5, 0.6) is 0 Å². The van der Waals surface area contributed by atoms with Crippen molar-refractivity contribution in [1.82, 2.24) is 10.2 Å². The number of methoxy groups -OCH3 is 1. The highest BCUT2D eigenvalue weighted by Gasteiger charge is 2.52. The first-order chi connectivity index (χ1) is 9.93. The number of hydrogen-bond acceptors (Lipinski definition) is 5. The number of nitrogens with one attached hydrogen (secondary N) is 1. The van der Waals surface area contributed by atoms with Crippen molar-refractivity contribution in [3.05, 3.63) is 0 Å². The highest BCUT2D eigenvalue weighted by atomic mass is 16.5. The molecule has 1 N–H and O–H groups in total. The van der Waals surface area contributed by atoms with Crippen molar-refractivity contribution in [3.63, 3.8) is 0 Å². The van der Waals surface area contributed by atoms with Crippen LogP contribution >= 0.6 is 0 Å². The van der Waals surface area contributed by atoms with Gasteiger partial charge in [0.05, 0.1) is 19.3 Å². The number of hydrogen-bond donors (Lipinski definition) is 1. The van der Waals surface area contributed by atoms with Gasteiger partial charge in [0, 0.05) is 19.6 Å². The van der Waals surface area contributed by atoms with Gasteiger partial charge in [-0.2, -0.15) is 0 Å². The zero-order valence-electron chi connectivity index (χ0n) is 13.9. The average Bonchev–Trinajstić information content (AvgIpc) is 3.26. The van der Waals surface area contributed by atoms with E-state index in [1.807, 2.05) is 0 Å². The third kappa shape index (κ3) is 3.96. The fraction of sp³-hybridized carbons (Fsp3) is 0.938. The first-order valence-corrected chi connectivity index (χ1v) is 8.13. The molecule has 2 aliphatic rings. The first-order valence-electron chi connectivity index (χ1n) is 8.13. The van der Waals surface area contributed by atoms with Gasteiger partial charge in [0.25, 0.3) is 0 Å². The van der Waals surface area contributed by atoms with Gasteiger partial charge in [0.2, 0.25) is 0 Å². The summed E-state index contributed by atoms with van der Waals surface area (Å²) < 4.78 is 10.9. The maximum atomic E-state index is 12.5. The van der Waals surface area contributed by atoms with E-state index in [2.05, 4.69) is 31.0 Å². The molecule has 21 heavy (non-hydrogen) atoms. The Bertz CT molecular complexity index is 369. The minimum absolute atomic E-state index is 0.109. The van der Waals surface area contributed by atoms with Crippen molar-refractivity contribution in [3.8, 4) is 0 Å². The molecule has 0 aromatic carbocycles. The monoisotopic (exact) mass is 298 g/mol. The Morgan fingerprint density at radius 3 is 2.71 bits per heavy atom. The van der Waals surface area contributed by atoms with Gasteiger partial charge in [-0.25, -0.2) is 4.79 Å². The number of rotatable bonds is 7. The van der Waals surface area contributed by atoms with E-state index < -0.39 is 5.54 Å². The molecule has 1 aliphatic carbocycles. The van der Waals surface area contributed by atoms with E-state index in [4.69, 9.17) is 9.47 Å². The summed E-state index contributed by atoms with van der Waals surface area (Å²) in [7, 11) is 1.50. The van der Waals surface area contributed by atoms with Gasteiger partial charge in [-0.15, -0.1) is 0 Å². The van der Waals surface area contributed by atoms with E-state index >= 15 is 0 Å². The fourth-order valence-corrected chi connectivity index (χ4v) is 3.34. The van der Waals surface area contributed by atoms with E-state index in [0.717, 1.165) is 52.0 Å². The summed E-state index contributed by atoms with van der Waals surface area (Å²) in [6, 6.07) is 0. The van der Waals surface area contributed by atoms with Crippen LogP contribution in [0.15, 0.2) is 0 Å². The van der Waals surface area contributed by atoms with Crippen LogP contribution in [0.25, 0.3) is 0 Å². The van der Waals surface area contributed by atoms with Gasteiger partial charge in [0.15, 0.2) is 0 Å². The van der Waals surface area contributed by atoms with Crippen molar-refractivity contribution < 1.29 is 14.3 Å². The van der Waals surface area contributed by atoms with E-state index in [9.17, 15) is 4.79 Å². The molecule has 1 saturated heterocycles. The number of ether oxygens (including phenoxy) is 2. The van der Waals surface area contributed by atoms with Crippen LogP contribution < -0.4 is 5.32 Å². The van der Waals surface area contributed by atoms with Gasteiger partial charge in [-0.3, -0.25) is 4.90 Å². The van der Waals surface area contributed by atoms with E-state index in [1.54, 1.807) is 0 Å². The molecule has 1 aliphatic heterocycles. The molecule has 0 aromatic heterocycles. The lowest BCUT2D eigenvalue weighted by Crippen LogP contribution is -2.63. The summed E-state index contributed by atoms with van der Waals surface area (Å²) >= 11 is 0. The van der Waals surface area contributed by atoms with Crippen molar-refractivity contribution in [2.45, 2.75) is 51.2 Å². The third-order valence-electron chi connectivity index (χ3n) is 4.49. The molecule has 0 aromatic rings. The molecule has 2 rings (SSSR count). The van der Waals surface area contributed by atoms with Crippen LogP contribution in [0, 0.1) is 5.92 Å². The molecule has 0 radical (unpaired) electrons. The molecule has 0 spiro atoms. The second-order valence-corrected chi connectivity index (χ2v) is 6.98. The molecule has 5 nitrogen and oxygen atoms in total. The van der Waals surface area contributed by atoms with Crippen molar-refractivity contribution in [1.29, 1.82) is 0 Å². The summed E-state index contributed by atoms with van der Waals surface area (Å²) in [6.45, 7) is 10.4. The third-order valence-corrected chi connectivity index (χ3v) is 4.49. The van der Waals surface area contributed by atoms with Crippen LogP contribution in [0.1, 0.15) is 40.0 Å². The predicted octanol–water partition coefficient (Wildman–Crippen LogP) is 1.42. The standard InChI is InChI=1S/C16H30N2O3/c1-5-8-17-16(13-6-7-13,14(19)20-4)12-18-9-10-21-15(2,3)11-18/h13,17H,5-12H2,1-4H3. The first kappa shape index (κ1) is 16.7. The Hall–Kier alpha value is -0.650. The maximum Gasteiger partial charge on any atom is 0.327 e. The van der Waals surface area contributed by atoms with Gasteiger partial charge in [-0.05, 0) is 45.6 Å². The molecule has 122 valence electrons. The molecule has 1 unspecified atom stereocenters. The smallest absolute Gasteiger partial charge is 0.327 e. The second-order valence-electron chi connectivity index (χ2n) is 6.98. The number of nitrogens with zero attached hydrogens (tertiary/aromatic N) is 1. The fourth-order valence-electron chi connectivity index (χ4n) is 3.34. The summed E-state index contributed by atoms with van der Waals surface area (Å²) in [6.07, 6.45) is 3.24. The Morgan fingerprint density at radius 1 is 1.48 bits per heavy atom. The van der Waals surface area contributed by atoms with E-state index in [0.29, 0.717) is 5.92 Å². The second kappa shape index (κ2) is 6.63. The molecular weight excluding hydrogens is 268 g/mol. The molecule has 2 fully saturated rings. The Kier molecular flexibility index (Phi) is 5.28. The topological polar surface area (TPSA) is 50.8 Å². The van der Waals surface area contributed by atoms with Crippen LogP contribution in [0.3, 0.4) is 0 Å². The average molecular weight is 298 g/mol. The number of carbonyl (C=O) groups is 1. The molecule has 1 heterocycles. The summed E-state index contributed by atoms with van der Waals surface area (Å²) in [4.78, 5) is 14.9. The zero-order chi connectivity index (χ0) is 15.5. The maximum absolute atomic E-state index is 12.5. The van der Waals surface area contributed by atoms with Crippen molar-refractivity contribution in [2.75, 3.05) is 39.9 Å². The largest absolute Gasteiger partial charge is 0.468 e. The van der Waals surface area contributed by atoms with E-state index in [1.165, 1.54) is 7.11 Å². The molecule has 5 heteroatoms. The summed E-state index contributed by atoms with van der Waals surface area (Å²) in [5, 5.41) is 3.51. The normalized spacial score (nSPS) is 25.3. The predicted molar refractivity (Wildman–Crippen MR) is 82.2 cm³/mol. The van der Waals surface area contributed by atoms with Crippen LogP contribution in [-0.4, -0.2) is 61.9 Å². The Balaban J connectivity index is 2.12. The lowest BCUT2D eigenvalue weighted by Gasteiger charge is -2.43. The molecule has 0 amide bonds. The summed E-state index contributed by atoms with van der Waals surface area (Å²) in [5.74, 6) is 0.296. The van der Waals surface area contributed by atoms with Crippen molar-refractivity contribution >= 4 is 5.97 Å². The number of morpholine rings is 1. The highest BCUT2D eigenvalue weighted by molar-refractivity contribution is 5.82. The molecular formula is C16H30N2O3. The number of carbonyl (C=O) groups excluding carboxylic acids is 1. The summed E-state index contributed by atoms with van der Waals surface area (Å²) in [5.41, 5.74) is -0.688. The van der Waals surface area contributed by atoms with Gasteiger partial charge in [0.1, 0.15) is 5.54 Å². The lowest BCUT2D eigenvalue weighted by atomic mass is 9.91. The van der Waals surface area contributed by atoms with E-state index in [-0.39, 0.29) is 11.6 Å². The van der Waals surface area contributed by atoms with Gasteiger partial charge < -0.3 is 14.8 Å². The molecule has 1 atom stereocenters. The SMILES string of the molecule is CCCNC(CN1CCOC(C)(C)C1)(C(=O)OC)C1CC1. The Labute approximate surface area is 128 Å². The number of esters is 1. The minimum atomic E-state index is -0.543. The van der Waals surface area contributed by atoms with Crippen LogP contribution in [0.2, 0.25) is 0 Å². The zero-order valence-corrected chi connectivity index (χ0v) is 13.9. The lowest BCUT2D eigenvalue weighted by molar-refractivity contribution is -0.153. The van der Waals surface area contributed by atoms with Gasteiger partial charge >= 0.3 is 5.97 Å². The quantitative estimate of drug-likeness (QED) is 0.720. The van der Waals surface area contributed by atoms with Crippen LogP contribution in [0.4, 0.5) is 0 Å². The Morgan fingerprint density at radius 2 is 2.19 bits per heavy atom. The molecule has 0 bridgehead atoms. The molecule has 1 saturated carbocycles. The highest BCUT2D eigenvalue weighted by Crippen LogP contribution is 2.41.